The van der Waals surface area contributed by atoms with E-state index < -0.39 is 0 Å². The Kier molecular flexibility index (Phi) is 5.99. The molecule has 0 aromatic heterocycles. The van der Waals surface area contributed by atoms with Crippen molar-refractivity contribution in [3.8, 4) is 11.5 Å². The van der Waals surface area contributed by atoms with Gasteiger partial charge in [-0.25, -0.2) is 0 Å². The van der Waals surface area contributed by atoms with Gasteiger partial charge in [0, 0.05) is 24.9 Å². The number of benzene rings is 1. The molecule has 4 heteroatoms. The predicted molar refractivity (Wildman–Crippen MR) is 80.9 cm³/mol. The molecule has 1 saturated heterocycles. The summed E-state index contributed by atoms with van der Waals surface area (Å²) >= 11 is 0. The Hall–Kier alpha value is -1.42. The van der Waals surface area contributed by atoms with Crippen LogP contribution in [0.2, 0.25) is 0 Å². The average Bonchev–Trinajstić information content (AvgIpc) is 2.49. The Morgan fingerprint density at radius 1 is 1.15 bits per heavy atom. The molecule has 1 aromatic rings. The summed E-state index contributed by atoms with van der Waals surface area (Å²) in [6, 6.07) is 5.98. The molecule has 1 aromatic carbocycles. The van der Waals surface area contributed by atoms with Crippen molar-refractivity contribution in [3.05, 3.63) is 18.2 Å². The van der Waals surface area contributed by atoms with Gasteiger partial charge in [-0.3, -0.25) is 0 Å². The highest BCUT2D eigenvalue weighted by atomic mass is 16.5. The molecule has 4 nitrogen and oxygen atoms in total. The fraction of sp³-hybridized carbons (Fsp3) is 0.625. The first kappa shape index (κ1) is 15.0. The summed E-state index contributed by atoms with van der Waals surface area (Å²) in [4.78, 5) is 0. The molecule has 1 atom stereocenters. The molecule has 0 aliphatic carbocycles. The number of nitrogens with one attached hydrogen (secondary N) is 1. The summed E-state index contributed by atoms with van der Waals surface area (Å²) in [5.74, 6) is 1.60. The standard InChI is InChI=1S/C16H25NO3/c1-3-18-15-9-8-13(11-16(15)19-4-2)17-12-14-7-5-6-10-20-14/h8-9,11,14,17H,3-7,10,12H2,1-2H3. The molecule has 0 spiro atoms. The molecule has 1 aliphatic rings. The minimum absolute atomic E-state index is 0.325. The summed E-state index contributed by atoms with van der Waals surface area (Å²) in [5, 5.41) is 3.42. The lowest BCUT2D eigenvalue weighted by Gasteiger charge is -2.23. The minimum atomic E-state index is 0.325. The van der Waals surface area contributed by atoms with Crippen LogP contribution in [-0.4, -0.2) is 32.5 Å². The third-order valence-corrected chi connectivity index (χ3v) is 3.35. The molecule has 1 N–H and O–H groups in total. The summed E-state index contributed by atoms with van der Waals surface area (Å²) in [7, 11) is 0. The highest BCUT2D eigenvalue weighted by molar-refractivity contribution is 5.54. The Balaban J connectivity index is 1.94. The smallest absolute Gasteiger partial charge is 0.163 e. The van der Waals surface area contributed by atoms with Gasteiger partial charge < -0.3 is 19.5 Å². The van der Waals surface area contributed by atoms with E-state index in [0.29, 0.717) is 19.3 Å². The molecule has 1 unspecified atom stereocenters. The Labute approximate surface area is 121 Å². The van der Waals surface area contributed by atoms with E-state index in [1.807, 2.05) is 32.0 Å². The van der Waals surface area contributed by atoms with Gasteiger partial charge in [-0.2, -0.15) is 0 Å². The highest BCUT2D eigenvalue weighted by Gasteiger charge is 2.13. The van der Waals surface area contributed by atoms with E-state index in [-0.39, 0.29) is 0 Å². The van der Waals surface area contributed by atoms with Crippen LogP contribution in [0.3, 0.4) is 0 Å². The van der Waals surface area contributed by atoms with Crippen LogP contribution in [0, 0.1) is 0 Å². The molecule has 2 rings (SSSR count). The van der Waals surface area contributed by atoms with Crippen molar-refractivity contribution in [2.45, 2.75) is 39.2 Å². The lowest BCUT2D eigenvalue weighted by Crippen LogP contribution is -2.26. The molecule has 20 heavy (non-hydrogen) atoms. The maximum Gasteiger partial charge on any atom is 0.163 e. The van der Waals surface area contributed by atoms with Crippen molar-refractivity contribution in [2.24, 2.45) is 0 Å². The molecular weight excluding hydrogens is 254 g/mol. The molecule has 1 aliphatic heterocycles. The third kappa shape index (κ3) is 4.30. The van der Waals surface area contributed by atoms with Gasteiger partial charge in [0.05, 0.1) is 19.3 Å². The fourth-order valence-corrected chi connectivity index (χ4v) is 2.36. The highest BCUT2D eigenvalue weighted by Crippen LogP contribution is 2.30. The van der Waals surface area contributed by atoms with Gasteiger partial charge in [0.1, 0.15) is 0 Å². The fourth-order valence-electron chi connectivity index (χ4n) is 2.36. The zero-order valence-corrected chi connectivity index (χ0v) is 12.5. The Morgan fingerprint density at radius 2 is 1.95 bits per heavy atom. The van der Waals surface area contributed by atoms with Gasteiger partial charge in [-0.05, 0) is 45.2 Å². The number of ether oxygens (including phenoxy) is 3. The van der Waals surface area contributed by atoms with Crippen LogP contribution in [0.4, 0.5) is 5.69 Å². The molecule has 0 bridgehead atoms. The van der Waals surface area contributed by atoms with Gasteiger partial charge in [0.15, 0.2) is 11.5 Å². The molecule has 1 fully saturated rings. The van der Waals surface area contributed by atoms with Gasteiger partial charge in [0.25, 0.3) is 0 Å². The van der Waals surface area contributed by atoms with E-state index in [1.165, 1.54) is 12.8 Å². The van der Waals surface area contributed by atoms with Crippen LogP contribution < -0.4 is 14.8 Å². The molecule has 0 amide bonds. The first-order valence-electron chi connectivity index (χ1n) is 7.58. The maximum atomic E-state index is 5.72. The van der Waals surface area contributed by atoms with Gasteiger partial charge in [-0.15, -0.1) is 0 Å². The van der Waals surface area contributed by atoms with Crippen LogP contribution in [0.15, 0.2) is 18.2 Å². The van der Waals surface area contributed by atoms with Crippen LogP contribution in [0.5, 0.6) is 11.5 Å². The Bertz CT molecular complexity index is 403. The van der Waals surface area contributed by atoms with Crippen molar-refractivity contribution in [1.29, 1.82) is 0 Å². The monoisotopic (exact) mass is 279 g/mol. The van der Waals surface area contributed by atoms with E-state index >= 15 is 0 Å². The number of hydrogen-bond donors (Lipinski definition) is 1. The van der Waals surface area contributed by atoms with Crippen LogP contribution >= 0.6 is 0 Å². The van der Waals surface area contributed by atoms with Gasteiger partial charge in [0.2, 0.25) is 0 Å². The van der Waals surface area contributed by atoms with E-state index in [0.717, 1.165) is 36.8 Å². The quantitative estimate of drug-likeness (QED) is 0.829. The number of rotatable bonds is 7. The SMILES string of the molecule is CCOc1ccc(NCC2CCCCO2)cc1OCC. The second-order valence-electron chi connectivity index (χ2n) is 4.90. The van der Waals surface area contributed by atoms with E-state index in [4.69, 9.17) is 14.2 Å². The topological polar surface area (TPSA) is 39.7 Å². The van der Waals surface area contributed by atoms with E-state index in [9.17, 15) is 0 Å². The average molecular weight is 279 g/mol. The zero-order chi connectivity index (χ0) is 14.2. The van der Waals surface area contributed by atoms with Crippen molar-refractivity contribution in [2.75, 3.05) is 31.7 Å². The Morgan fingerprint density at radius 3 is 2.65 bits per heavy atom. The zero-order valence-electron chi connectivity index (χ0n) is 12.5. The van der Waals surface area contributed by atoms with Crippen molar-refractivity contribution in [1.82, 2.24) is 0 Å². The van der Waals surface area contributed by atoms with Crippen LogP contribution in [0.1, 0.15) is 33.1 Å². The van der Waals surface area contributed by atoms with E-state index in [2.05, 4.69) is 5.32 Å². The second kappa shape index (κ2) is 8.00. The largest absolute Gasteiger partial charge is 0.490 e. The first-order valence-corrected chi connectivity index (χ1v) is 7.58. The van der Waals surface area contributed by atoms with Crippen LogP contribution in [0.25, 0.3) is 0 Å². The third-order valence-electron chi connectivity index (χ3n) is 3.35. The van der Waals surface area contributed by atoms with Gasteiger partial charge in [-0.1, -0.05) is 0 Å². The first-order chi connectivity index (χ1) is 9.83. The summed E-state index contributed by atoms with van der Waals surface area (Å²) in [6.07, 6.45) is 3.92. The van der Waals surface area contributed by atoms with E-state index in [1.54, 1.807) is 0 Å². The van der Waals surface area contributed by atoms with Crippen molar-refractivity contribution in [3.63, 3.8) is 0 Å². The second-order valence-corrected chi connectivity index (χ2v) is 4.90. The number of hydrogen-bond acceptors (Lipinski definition) is 4. The lowest BCUT2D eigenvalue weighted by molar-refractivity contribution is 0.0247. The maximum absolute atomic E-state index is 5.72. The summed E-state index contributed by atoms with van der Waals surface area (Å²) < 4.78 is 16.9. The van der Waals surface area contributed by atoms with Crippen molar-refractivity contribution < 1.29 is 14.2 Å². The molecular formula is C16H25NO3. The summed E-state index contributed by atoms with van der Waals surface area (Å²) in [6.45, 7) is 6.96. The molecule has 1 heterocycles. The molecule has 0 radical (unpaired) electrons. The predicted octanol–water partition coefficient (Wildman–Crippen LogP) is 3.47. The lowest BCUT2D eigenvalue weighted by atomic mass is 10.1. The van der Waals surface area contributed by atoms with Gasteiger partial charge >= 0.3 is 0 Å². The number of anilines is 1. The summed E-state index contributed by atoms with van der Waals surface area (Å²) in [5.41, 5.74) is 1.05. The van der Waals surface area contributed by atoms with Crippen LogP contribution in [-0.2, 0) is 4.74 Å². The molecule has 0 saturated carbocycles. The normalized spacial score (nSPS) is 18.6. The minimum Gasteiger partial charge on any atom is -0.490 e. The van der Waals surface area contributed by atoms with Crippen molar-refractivity contribution >= 4 is 5.69 Å². The molecule has 112 valence electrons.